The van der Waals surface area contributed by atoms with Crippen LogP contribution in [-0.2, 0) is 0 Å². The highest BCUT2D eigenvalue weighted by Crippen LogP contribution is 2.31. The van der Waals surface area contributed by atoms with Crippen molar-refractivity contribution in [2.45, 2.75) is 26.7 Å². The lowest BCUT2D eigenvalue weighted by atomic mass is 10.1. The number of nitrogen functional groups attached to an aromatic ring is 1. The molecule has 0 bridgehead atoms. The van der Waals surface area contributed by atoms with E-state index in [9.17, 15) is 0 Å². The summed E-state index contributed by atoms with van der Waals surface area (Å²) in [4.78, 5) is 4.48. The molecule has 3 N–H and O–H groups in total. The number of rotatable bonds is 5. The van der Waals surface area contributed by atoms with E-state index in [4.69, 9.17) is 10.5 Å². The van der Waals surface area contributed by atoms with Crippen LogP contribution >= 0.6 is 0 Å². The third-order valence-electron chi connectivity index (χ3n) is 3.91. The number of nitrogens with zero attached hydrogens (tertiary/aromatic N) is 1. The standard InChI is InChI=1S/C17H21N3O/c1-11-4-3-5-15(12(11)2)19-16-9-8-14(18)17(20-16)21-10-13-6-7-13/h3-5,8-9,13H,6-7,10,18H2,1-2H3,(H,19,20). The summed E-state index contributed by atoms with van der Waals surface area (Å²) in [6, 6.07) is 9.89. The first kappa shape index (κ1) is 13.7. The monoisotopic (exact) mass is 283 g/mol. The number of hydrogen-bond acceptors (Lipinski definition) is 4. The van der Waals surface area contributed by atoms with Crippen LogP contribution in [0.4, 0.5) is 17.2 Å². The number of anilines is 3. The maximum atomic E-state index is 5.93. The highest BCUT2D eigenvalue weighted by Gasteiger charge is 2.22. The van der Waals surface area contributed by atoms with E-state index < -0.39 is 0 Å². The first-order valence-electron chi connectivity index (χ1n) is 7.36. The fraction of sp³-hybridized carbons (Fsp3) is 0.353. The molecule has 1 aliphatic rings. The zero-order valence-corrected chi connectivity index (χ0v) is 12.5. The second kappa shape index (κ2) is 5.64. The Morgan fingerprint density at radius 2 is 2.05 bits per heavy atom. The Morgan fingerprint density at radius 3 is 2.81 bits per heavy atom. The second-order valence-corrected chi connectivity index (χ2v) is 5.72. The van der Waals surface area contributed by atoms with Crippen molar-refractivity contribution in [3.8, 4) is 5.88 Å². The molecule has 0 radical (unpaired) electrons. The molecule has 1 saturated carbocycles. The van der Waals surface area contributed by atoms with Crippen molar-refractivity contribution < 1.29 is 4.74 Å². The molecule has 0 saturated heterocycles. The summed E-state index contributed by atoms with van der Waals surface area (Å²) >= 11 is 0. The van der Waals surface area contributed by atoms with E-state index >= 15 is 0 Å². The van der Waals surface area contributed by atoms with Crippen LogP contribution in [0.25, 0.3) is 0 Å². The molecule has 1 fully saturated rings. The minimum absolute atomic E-state index is 0.525. The van der Waals surface area contributed by atoms with E-state index in [0.29, 0.717) is 24.1 Å². The molecular formula is C17H21N3O. The molecule has 1 aliphatic carbocycles. The molecule has 21 heavy (non-hydrogen) atoms. The van der Waals surface area contributed by atoms with Gasteiger partial charge in [-0.25, -0.2) is 0 Å². The average molecular weight is 283 g/mol. The van der Waals surface area contributed by atoms with E-state index in [1.165, 1.54) is 24.0 Å². The topological polar surface area (TPSA) is 60.2 Å². The normalized spacial score (nSPS) is 14.0. The van der Waals surface area contributed by atoms with Crippen molar-refractivity contribution >= 4 is 17.2 Å². The lowest BCUT2D eigenvalue weighted by Gasteiger charge is -2.13. The van der Waals surface area contributed by atoms with Crippen LogP contribution in [0.5, 0.6) is 5.88 Å². The van der Waals surface area contributed by atoms with Gasteiger partial charge in [0.05, 0.1) is 12.3 Å². The molecule has 1 aromatic carbocycles. The maximum absolute atomic E-state index is 5.93. The minimum atomic E-state index is 0.525. The van der Waals surface area contributed by atoms with Crippen LogP contribution in [-0.4, -0.2) is 11.6 Å². The maximum Gasteiger partial charge on any atom is 0.239 e. The van der Waals surface area contributed by atoms with Crippen molar-refractivity contribution in [1.29, 1.82) is 0 Å². The van der Waals surface area contributed by atoms with Crippen molar-refractivity contribution in [1.82, 2.24) is 4.98 Å². The van der Waals surface area contributed by atoms with Crippen molar-refractivity contribution in [3.63, 3.8) is 0 Å². The number of nitrogens with one attached hydrogen (secondary N) is 1. The molecule has 1 aromatic heterocycles. The van der Waals surface area contributed by atoms with E-state index in [-0.39, 0.29) is 0 Å². The van der Waals surface area contributed by atoms with Crippen LogP contribution in [0.15, 0.2) is 30.3 Å². The molecule has 4 heteroatoms. The van der Waals surface area contributed by atoms with Gasteiger partial charge in [0.15, 0.2) is 0 Å². The molecule has 2 aromatic rings. The Hall–Kier alpha value is -2.23. The van der Waals surface area contributed by atoms with Crippen molar-refractivity contribution in [2.75, 3.05) is 17.7 Å². The summed E-state index contributed by atoms with van der Waals surface area (Å²) in [5, 5.41) is 3.34. The number of hydrogen-bond donors (Lipinski definition) is 2. The molecule has 0 unspecified atom stereocenters. The van der Waals surface area contributed by atoms with Crippen LogP contribution < -0.4 is 15.8 Å². The van der Waals surface area contributed by atoms with Crippen LogP contribution in [0.1, 0.15) is 24.0 Å². The van der Waals surface area contributed by atoms with Gasteiger partial charge >= 0.3 is 0 Å². The number of nitrogens with two attached hydrogens (primary N) is 1. The molecule has 0 aliphatic heterocycles. The molecule has 0 amide bonds. The largest absolute Gasteiger partial charge is 0.476 e. The fourth-order valence-corrected chi connectivity index (χ4v) is 2.14. The zero-order valence-electron chi connectivity index (χ0n) is 12.5. The minimum Gasteiger partial charge on any atom is -0.476 e. The Morgan fingerprint density at radius 1 is 1.24 bits per heavy atom. The summed E-state index contributed by atoms with van der Waals surface area (Å²) in [5.41, 5.74) is 10.0. The molecule has 0 atom stereocenters. The van der Waals surface area contributed by atoms with Gasteiger partial charge < -0.3 is 15.8 Å². The van der Waals surface area contributed by atoms with Gasteiger partial charge in [-0.3, -0.25) is 0 Å². The predicted molar refractivity (Wildman–Crippen MR) is 86.1 cm³/mol. The van der Waals surface area contributed by atoms with Crippen LogP contribution in [0.3, 0.4) is 0 Å². The molecule has 3 rings (SSSR count). The van der Waals surface area contributed by atoms with Crippen LogP contribution in [0, 0.1) is 19.8 Å². The fourth-order valence-electron chi connectivity index (χ4n) is 2.14. The first-order valence-corrected chi connectivity index (χ1v) is 7.36. The average Bonchev–Trinajstić information content (AvgIpc) is 3.28. The van der Waals surface area contributed by atoms with E-state index in [2.05, 4.69) is 30.2 Å². The Labute approximate surface area is 125 Å². The van der Waals surface area contributed by atoms with Crippen molar-refractivity contribution in [3.05, 3.63) is 41.5 Å². The number of pyridine rings is 1. The number of ether oxygens (including phenoxy) is 1. The summed E-state index contributed by atoms with van der Waals surface area (Å²) in [5.74, 6) is 1.96. The molecule has 110 valence electrons. The van der Waals surface area contributed by atoms with Gasteiger partial charge in [0, 0.05) is 5.69 Å². The third kappa shape index (κ3) is 3.27. The molecule has 0 spiro atoms. The Balaban J connectivity index is 1.78. The smallest absolute Gasteiger partial charge is 0.239 e. The predicted octanol–water partition coefficient (Wildman–Crippen LogP) is 3.81. The summed E-state index contributed by atoms with van der Waals surface area (Å²) in [6.45, 7) is 4.91. The third-order valence-corrected chi connectivity index (χ3v) is 3.91. The van der Waals surface area contributed by atoms with Gasteiger partial charge in [-0.2, -0.15) is 4.98 Å². The SMILES string of the molecule is Cc1cccc(Nc2ccc(N)c(OCC3CC3)n2)c1C. The second-order valence-electron chi connectivity index (χ2n) is 5.72. The van der Waals surface area contributed by atoms with Gasteiger partial charge in [-0.1, -0.05) is 12.1 Å². The summed E-state index contributed by atoms with van der Waals surface area (Å²) in [7, 11) is 0. The number of aryl methyl sites for hydroxylation is 1. The summed E-state index contributed by atoms with van der Waals surface area (Å²) in [6.07, 6.45) is 2.50. The highest BCUT2D eigenvalue weighted by molar-refractivity contribution is 5.64. The first-order chi connectivity index (χ1) is 10.1. The summed E-state index contributed by atoms with van der Waals surface area (Å²) < 4.78 is 5.72. The lowest BCUT2D eigenvalue weighted by molar-refractivity contribution is 0.290. The van der Waals surface area contributed by atoms with Crippen molar-refractivity contribution in [2.24, 2.45) is 5.92 Å². The lowest BCUT2D eigenvalue weighted by Crippen LogP contribution is -2.05. The molecule has 1 heterocycles. The quantitative estimate of drug-likeness (QED) is 0.876. The Bertz CT molecular complexity index is 650. The van der Waals surface area contributed by atoms with Gasteiger partial charge in [0.25, 0.3) is 0 Å². The van der Waals surface area contributed by atoms with Gasteiger partial charge in [-0.15, -0.1) is 0 Å². The Kier molecular flexibility index (Phi) is 3.69. The van der Waals surface area contributed by atoms with Gasteiger partial charge in [0.1, 0.15) is 5.82 Å². The van der Waals surface area contributed by atoms with Gasteiger partial charge in [0.2, 0.25) is 5.88 Å². The molecule has 4 nitrogen and oxygen atoms in total. The van der Waals surface area contributed by atoms with Crippen LogP contribution in [0.2, 0.25) is 0 Å². The molecular weight excluding hydrogens is 262 g/mol. The highest BCUT2D eigenvalue weighted by atomic mass is 16.5. The number of benzene rings is 1. The van der Waals surface area contributed by atoms with Gasteiger partial charge in [-0.05, 0) is 61.9 Å². The number of aromatic nitrogens is 1. The zero-order chi connectivity index (χ0) is 14.8. The van der Waals surface area contributed by atoms with E-state index in [1.54, 1.807) is 0 Å². The van der Waals surface area contributed by atoms with E-state index in [1.807, 2.05) is 24.3 Å². The van der Waals surface area contributed by atoms with E-state index in [0.717, 1.165) is 11.5 Å².